The molecule has 11 atom stereocenters. The highest BCUT2D eigenvalue weighted by Gasteiger charge is 2.77. The van der Waals surface area contributed by atoms with Gasteiger partial charge in [-0.15, -0.1) is 0 Å². The van der Waals surface area contributed by atoms with Gasteiger partial charge >= 0.3 is 5.97 Å². The Balaban J connectivity index is 1.35. The monoisotopic (exact) mass is 466 g/mol. The van der Waals surface area contributed by atoms with Crippen molar-refractivity contribution >= 4 is 5.97 Å². The van der Waals surface area contributed by atoms with Crippen LogP contribution in [0.1, 0.15) is 10.4 Å². The molecule has 0 amide bonds. The summed E-state index contributed by atoms with van der Waals surface area (Å²) in [4.78, 5) is 12.7. The highest BCUT2D eigenvalue weighted by atomic mass is 16.8. The van der Waals surface area contributed by atoms with Crippen molar-refractivity contribution in [3.63, 3.8) is 0 Å². The second-order valence-corrected chi connectivity index (χ2v) is 8.66. The lowest BCUT2D eigenvalue weighted by atomic mass is 9.85. The fourth-order valence-corrected chi connectivity index (χ4v) is 5.05. The van der Waals surface area contributed by atoms with Crippen molar-refractivity contribution in [2.24, 2.45) is 11.8 Å². The summed E-state index contributed by atoms with van der Waals surface area (Å²) in [5, 5.41) is 49.9. The molecule has 33 heavy (non-hydrogen) atoms. The van der Waals surface area contributed by atoms with E-state index in [1.54, 1.807) is 36.4 Å². The molecule has 3 aliphatic heterocycles. The number of ether oxygens (including phenoxy) is 5. The average Bonchev–Trinajstić information content (AvgIpc) is 3.52. The van der Waals surface area contributed by atoms with Crippen LogP contribution in [0.15, 0.2) is 42.7 Å². The SMILES string of the molecule is O=C(OC1C2C=COC(OC3OC(CO)C(O)C(O)C3O)C2C2(CO)OC12)c1ccccc1. The molecule has 11 nitrogen and oxygen atoms in total. The molecule has 3 heterocycles. The summed E-state index contributed by atoms with van der Waals surface area (Å²) in [5.74, 6) is -1.58. The number of benzene rings is 1. The van der Waals surface area contributed by atoms with Crippen molar-refractivity contribution in [3.8, 4) is 0 Å². The molecule has 11 unspecified atom stereocenters. The number of hydrogen-bond acceptors (Lipinski definition) is 11. The maximum absolute atomic E-state index is 12.7. The first kappa shape index (κ1) is 22.7. The Bertz CT molecular complexity index is 892. The van der Waals surface area contributed by atoms with Crippen molar-refractivity contribution in [1.29, 1.82) is 0 Å². The van der Waals surface area contributed by atoms with E-state index in [4.69, 9.17) is 23.7 Å². The van der Waals surface area contributed by atoms with Gasteiger partial charge in [0.1, 0.15) is 42.2 Å². The van der Waals surface area contributed by atoms with Gasteiger partial charge in [-0.25, -0.2) is 4.79 Å². The summed E-state index contributed by atoms with van der Waals surface area (Å²) < 4.78 is 28.4. The van der Waals surface area contributed by atoms with Crippen molar-refractivity contribution in [1.82, 2.24) is 0 Å². The van der Waals surface area contributed by atoms with Gasteiger partial charge in [0.15, 0.2) is 6.29 Å². The van der Waals surface area contributed by atoms with Crippen LogP contribution in [-0.2, 0) is 23.7 Å². The van der Waals surface area contributed by atoms with Gasteiger partial charge in [0, 0.05) is 5.92 Å². The smallest absolute Gasteiger partial charge is 0.338 e. The zero-order valence-corrected chi connectivity index (χ0v) is 17.4. The molecule has 5 N–H and O–H groups in total. The van der Waals surface area contributed by atoms with Crippen LogP contribution in [0.3, 0.4) is 0 Å². The van der Waals surface area contributed by atoms with Gasteiger partial charge in [0.25, 0.3) is 0 Å². The van der Waals surface area contributed by atoms with Gasteiger partial charge in [-0.1, -0.05) is 18.2 Å². The molecule has 0 aromatic heterocycles. The van der Waals surface area contributed by atoms with Crippen LogP contribution in [0.5, 0.6) is 0 Å². The van der Waals surface area contributed by atoms with Gasteiger partial charge in [-0.3, -0.25) is 0 Å². The third-order valence-corrected chi connectivity index (χ3v) is 6.85. The lowest BCUT2D eigenvalue weighted by Crippen LogP contribution is -2.60. The number of epoxide rings is 1. The van der Waals surface area contributed by atoms with Crippen molar-refractivity contribution in [2.45, 2.75) is 54.8 Å². The fraction of sp³-hybridized carbons (Fsp3) is 0.591. The second kappa shape index (κ2) is 8.60. The van der Waals surface area contributed by atoms with Gasteiger partial charge in [0.2, 0.25) is 6.29 Å². The van der Waals surface area contributed by atoms with Crippen LogP contribution in [0.2, 0.25) is 0 Å². The Kier molecular flexibility index (Phi) is 5.91. The van der Waals surface area contributed by atoms with Crippen molar-refractivity contribution < 1.29 is 54.0 Å². The molecule has 0 bridgehead atoms. The molecule has 1 aromatic carbocycles. The first-order valence-electron chi connectivity index (χ1n) is 10.7. The van der Waals surface area contributed by atoms with Gasteiger partial charge < -0.3 is 49.2 Å². The van der Waals surface area contributed by atoms with E-state index in [1.165, 1.54) is 6.26 Å². The fourth-order valence-electron chi connectivity index (χ4n) is 5.05. The Morgan fingerprint density at radius 2 is 1.79 bits per heavy atom. The Hall–Kier alpha value is -2.09. The number of fused-ring (bicyclic) bond motifs is 3. The largest absolute Gasteiger partial charge is 0.472 e. The van der Waals surface area contributed by atoms with E-state index < -0.39 is 79.2 Å². The number of esters is 1. The standard InChI is InChI=1S/C22H26O11/c23-8-12-14(25)15(26)16(27)21(30-12)32-20-13-11(6-7-29-20)17(18-22(13,9-24)33-18)31-19(28)10-4-2-1-3-5-10/h1-7,11-18,20-21,23-27H,8-9H2. The van der Waals surface area contributed by atoms with Crippen LogP contribution < -0.4 is 0 Å². The first-order valence-corrected chi connectivity index (χ1v) is 10.7. The molecular weight excluding hydrogens is 440 g/mol. The predicted octanol–water partition coefficient (Wildman–Crippen LogP) is -1.73. The first-order chi connectivity index (χ1) is 15.9. The summed E-state index contributed by atoms with van der Waals surface area (Å²) in [7, 11) is 0. The Morgan fingerprint density at radius 3 is 2.48 bits per heavy atom. The topological polar surface area (TPSA) is 168 Å². The summed E-state index contributed by atoms with van der Waals surface area (Å²) in [5.41, 5.74) is -0.711. The molecule has 0 spiro atoms. The van der Waals surface area contributed by atoms with E-state index in [9.17, 15) is 30.3 Å². The minimum atomic E-state index is -1.62. The predicted molar refractivity (Wildman–Crippen MR) is 106 cm³/mol. The summed E-state index contributed by atoms with van der Waals surface area (Å²) in [6, 6.07) is 8.49. The average molecular weight is 466 g/mol. The molecule has 1 saturated carbocycles. The van der Waals surface area contributed by atoms with Gasteiger partial charge in [0.05, 0.1) is 31.0 Å². The van der Waals surface area contributed by atoms with E-state index in [1.807, 2.05) is 0 Å². The van der Waals surface area contributed by atoms with E-state index >= 15 is 0 Å². The zero-order chi connectivity index (χ0) is 23.3. The van der Waals surface area contributed by atoms with Gasteiger partial charge in [-0.2, -0.15) is 0 Å². The van der Waals surface area contributed by atoms with E-state index in [-0.39, 0.29) is 6.61 Å². The number of aliphatic hydroxyl groups excluding tert-OH is 5. The van der Waals surface area contributed by atoms with Crippen LogP contribution in [0.4, 0.5) is 0 Å². The quantitative estimate of drug-likeness (QED) is 0.239. The molecule has 2 saturated heterocycles. The molecule has 0 radical (unpaired) electrons. The van der Waals surface area contributed by atoms with Crippen LogP contribution in [0, 0.1) is 11.8 Å². The lowest BCUT2D eigenvalue weighted by molar-refractivity contribution is -0.344. The molecule has 5 rings (SSSR count). The third-order valence-electron chi connectivity index (χ3n) is 6.85. The number of carbonyl (C=O) groups is 1. The number of rotatable bonds is 6. The number of aliphatic hydroxyl groups is 5. The highest BCUT2D eigenvalue weighted by molar-refractivity contribution is 5.89. The molecular formula is C22H26O11. The van der Waals surface area contributed by atoms with Crippen LogP contribution in [0.25, 0.3) is 0 Å². The normalized spacial score (nSPS) is 45.6. The molecule has 11 heteroatoms. The third kappa shape index (κ3) is 3.65. The molecule has 3 fully saturated rings. The number of carbonyl (C=O) groups excluding carboxylic acids is 1. The summed E-state index contributed by atoms with van der Waals surface area (Å²) >= 11 is 0. The molecule has 180 valence electrons. The van der Waals surface area contributed by atoms with Crippen molar-refractivity contribution in [2.75, 3.05) is 13.2 Å². The van der Waals surface area contributed by atoms with E-state index in [0.29, 0.717) is 5.56 Å². The maximum atomic E-state index is 12.7. The van der Waals surface area contributed by atoms with Crippen molar-refractivity contribution in [3.05, 3.63) is 48.2 Å². The number of hydrogen-bond donors (Lipinski definition) is 5. The Labute approximate surface area is 188 Å². The van der Waals surface area contributed by atoms with Crippen LogP contribution >= 0.6 is 0 Å². The second-order valence-electron chi connectivity index (χ2n) is 8.66. The van der Waals surface area contributed by atoms with Gasteiger partial charge in [-0.05, 0) is 18.2 Å². The minimum absolute atomic E-state index is 0.376. The molecule has 1 aromatic rings. The van der Waals surface area contributed by atoms with Crippen LogP contribution in [-0.4, -0.2) is 99.5 Å². The molecule has 4 aliphatic rings. The maximum Gasteiger partial charge on any atom is 0.338 e. The van der Waals surface area contributed by atoms with E-state index in [0.717, 1.165) is 0 Å². The Morgan fingerprint density at radius 1 is 1.03 bits per heavy atom. The summed E-state index contributed by atoms with van der Waals surface area (Å²) in [6.45, 7) is -0.991. The van der Waals surface area contributed by atoms with E-state index in [2.05, 4.69) is 0 Å². The molecule has 1 aliphatic carbocycles. The summed E-state index contributed by atoms with van der Waals surface area (Å²) in [6.07, 6.45) is -6.67. The lowest BCUT2D eigenvalue weighted by Gasteiger charge is -2.43. The zero-order valence-electron chi connectivity index (χ0n) is 17.4. The highest BCUT2D eigenvalue weighted by Crippen LogP contribution is 2.60. The minimum Gasteiger partial charge on any atom is -0.472 e.